The Bertz CT molecular complexity index is 346. The lowest BCUT2D eigenvalue weighted by atomic mass is 10.2. The number of anilines is 1. The van der Waals surface area contributed by atoms with E-state index in [0.717, 1.165) is 5.56 Å². The van der Waals surface area contributed by atoms with Crippen LogP contribution in [-0.4, -0.2) is 12.7 Å². The van der Waals surface area contributed by atoms with Crippen LogP contribution in [0.25, 0.3) is 0 Å². The van der Waals surface area contributed by atoms with E-state index in [1.807, 2.05) is 0 Å². The van der Waals surface area contributed by atoms with E-state index in [2.05, 4.69) is 5.32 Å². The summed E-state index contributed by atoms with van der Waals surface area (Å²) in [5.41, 5.74) is 1.36. The highest BCUT2D eigenvalue weighted by molar-refractivity contribution is 5.50. The molecular weight excluding hydrogens is 222 g/mol. The fourth-order valence-corrected chi connectivity index (χ4v) is 1.30. The van der Waals surface area contributed by atoms with Crippen molar-refractivity contribution in [2.24, 2.45) is 0 Å². The van der Waals surface area contributed by atoms with E-state index in [-0.39, 0.29) is 13.0 Å². The molecule has 1 rings (SSSR count). The summed E-state index contributed by atoms with van der Waals surface area (Å²) in [5.74, 6) is -0.399. The average molecular weight is 235 g/mol. The Labute approximate surface area is 91.5 Å². The molecule has 1 nitrogen and oxygen atoms in total. The number of nitrogens with one attached hydrogen (secondary N) is 1. The van der Waals surface area contributed by atoms with Gasteiger partial charge in [-0.2, -0.15) is 13.2 Å². The second kappa shape index (κ2) is 5.18. The van der Waals surface area contributed by atoms with Crippen LogP contribution in [0.4, 0.5) is 23.2 Å². The molecule has 1 aromatic carbocycles. The van der Waals surface area contributed by atoms with Gasteiger partial charge >= 0.3 is 6.18 Å². The van der Waals surface area contributed by atoms with Crippen molar-refractivity contribution in [3.05, 3.63) is 29.6 Å². The van der Waals surface area contributed by atoms with E-state index in [0.29, 0.717) is 5.69 Å². The van der Waals surface area contributed by atoms with Crippen LogP contribution >= 0.6 is 0 Å². The van der Waals surface area contributed by atoms with Gasteiger partial charge in [-0.15, -0.1) is 0 Å². The van der Waals surface area contributed by atoms with Crippen molar-refractivity contribution in [1.82, 2.24) is 0 Å². The molecule has 0 saturated heterocycles. The first-order valence-corrected chi connectivity index (χ1v) is 4.95. The molecule has 0 saturated carbocycles. The first kappa shape index (κ1) is 12.8. The van der Waals surface area contributed by atoms with Crippen molar-refractivity contribution >= 4 is 5.69 Å². The normalized spacial score (nSPS) is 11.6. The van der Waals surface area contributed by atoms with E-state index < -0.39 is 18.4 Å². The van der Waals surface area contributed by atoms with Gasteiger partial charge in [0.25, 0.3) is 0 Å². The summed E-state index contributed by atoms with van der Waals surface area (Å²) in [6.07, 6.45) is -4.97. The second-order valence-electron chi connectivity index (χ2n) is 3.60. The molecule has 0 spiro atoms. The predicted molar refractivity (Wildman–Crippen MR) is 54.9 cm³/mol. The largest absolute Gasteiger partial charge is 0.389 e. The fourth-order valence-electron chi connectivity index (χ4n) is 1.30. The molecule has 5 heteroatoms. The van der Waals surface area contributed by atoms with Crippen LogP contribution in [0.5, 0.6) is 0 Å². The second-order valence-corrected chi connectivity index (χ2v) is 3.60. The highest BCUT2D eigenvalue weighted by Gasteiger charge is 2.25. The Hall–Kier alpha value is -1.26. The number of hydrogen-bond acceptors (Lipinski definition) is 1. The van der Waals surface area contributed by atoms with Crippen molar-refractivity contribution < 1.29 is 17.6 Å². The maximum atomic E-state index is 12.8. The van der Waals surface area contributed by atoms with E-state index in [4.69, 9.17) is 0 Å². The highest BCUT2D eigenvalue weighted by Crippen LogP contribution is 2.22. The fraction of sp³-hybridized carbons (Fsp3) is 0.455. The van der Waals surface area contributed by atoms with Crippen LogP contribution in [-0.2, 0) is 0 Å². The van der Waals surface area contributed by atoms with Crippen LogP contribution in [0.2, 0.25) is 0 Å². The maximum absolute atomic E-state index is 12.8. The number of aryl methyl sites for hydroxylation is 1. The summed E-state index contributed by atoms with van der Waals surface area (Å²) < 4.78 is 48.3. The summed E-state index contributed by atoms with van der Waals surface area (Å²) in [7, 11) is 0. The number of alkyl halides is 3. The van der Waals surface area contributed by atoms with Crippen molar-refractivity contribution in [3.8, 4) is 0 Å². The number of hydrogen-bond donors (Lipinski definition) is 1. The minimum Gasteiger partial charge on any atom is -0.385 e. The van der Waals surface area contributed by atoms with Gasteiger partial charge in [0, 0.05) is 18.7 Å². The minimum atomic E-state index is -4.13. The van der Waals surface area contributed by atoms with E-state index >= 15 is 0 Å². The van der Waals surface area contributed by atoms with Crippen LogP contribution in [0, 0.1) is 12.7 Å². The number of halogens is 4. The van der Waals surface area contributed by atoms with Crippen molar-refractivity contribution in [1.29, 1.82) is 0 Å². The zero-order valence-electron chi connectivity index (χ0n) is 8.87. The zero-order valence-corrected chi connectivity index (χ0v) is 8.87. The average Bonchev–Trinajstić information content (AvgIpc) is 2.16. The Morgan fingerprint density at radius 1 is 1.25 bits per heavy atom. The van der Waals surface area contributed by atoms with Crippen LogP contribution < -0.4 is 5.32 Å². The minimum absolute atomic E-state index is 0.0144. The molecule has 0 aliphatic rings. The third kappa shape index (κ3) is 4.51. The van der Waals surface area contributed by atoms with Gasteiger partial charge in [0.05, 0.1) is 0 Å². The molecule has 1 N–H and O–H groups in total. The summed E-state index contributed by atoms with van der Waals surface area (Å²) in [6.45, 7) is 1.95. The van der Waals surface area contributed by atoms with Crippen LogP contribution in [0.15, 0.2) is 18.2 Å². The van der Waals surface area contributed by atoms with E-state index in [9.17, 15) is 17.6 Å². The third-order valence-electron chi connectivity index (χ3n) is 2.15. The molecule has 1 aromatic rings. The standard InChI is InChI=1S/C11H13F4N/c1-8-3-4-9(12)7-10(8)16-6-2-5-11(13,14)15/h3-4,7,16H,2,5-6H2,1H3. The first-order chi connectivity index (χ1) is 7.38. The van der Waals surface area contributed by atoms with Crippen molar-refractivity contribution in [2.45, 2.75) is 25.9 Å². The topological polar surface area (TPSA) is 12.0 Å². The van der Waals surface area contributed by atoms with Gasteiger partial charge in [0.15, 0.2) is 0 Å². The maximum Gasteiger partial charge on any atom is 0.389 e. The zero-order chi connectivity index (χ0) is 12.2. The lowest BCUT2D eigenvalue weighted by molar-refractivity contribution is -0.134. The van der Waals surface area contributed by atoms with Crippen molar-refractivity contribution in [2.75, 3.05) is 11.9 Å². The Balaban J connectivity index is 2.40. The van der Waals surface area contributed by atoms with E-state index in [1.165, 1.54) is 12.1 Å². The SMILES string of the molecule is Cc1ccc(F)cc1NCCCC(F)(F)F. The molecule has 0 heterocycles. The molecule has 0 aliphatic carbocycles. The Morgan fingerprint density at radius 2 is 1.94 bits per heavy atom. The summed E-state index contributed by atoms with van der Waals surface area (Å²) in [6, 6.07) is 4.18. The predicted octanol–water partition coefficient (Wildman–Crippen LogP) is 3.89. The van der Waals surface area contributed by atoms with E-state index in [1.54, 1.807) is 13.0 Å². The molecular formula is C11H13F4N. The summed E-state index contributed by atoms with van der Waals surface area (Å²) in [5, 5.41) is 2.79. The molecule has 0 radical (unpaired) electrons. The summed E-state index contributed by atoms with van der Waals surface area (Å²) >= 11 is 0. The van der Waals surface area contributed by atoms with Gasteiger partial charge in [0.1, 0.15) is 5.82 Å². The molecule has 0 aliphatic heterocycles. The third-order valence-corrected chi connectivity index (χ3v) is 2.15. The number of rotatable bonds is 4. The molecule has 0 aromatic heterocycles. The lowest BCUT2D eigenvalue weighted by Crippen LogP contribution is -2.11. The molecule has 0 atom stereocenters. The Kier molecular flexibility index (Phi) is 4.15. The highest BCUT2D eigenvalue weighted by atomic mass is 19.4. The van der Waals surface area contributed by atoms with Gasteiger partial charge in [-0.3, -0.25) is 0 Å². The van der Waals surface area contributed by atoms with Gasteiger partial charge in [-0.25, -0.2) is 4.39 Å². The van der Waals surface area contributed by atoms with Gasteiger partial charge in [-0.1, -0.05) is 6.07 Å². The monoisotopic (exact) mass is 235 g/mol. The molecule has 16 heavy (non-hydrogen) atoms. The molecule has 0 unspecified atom stereocenters. The quantitative estimate of drug-likeness (QED) is 0.616. The van der Waals surface area contributed by atoms with Gasteiger partial charge in [-0.05, 0) is 31.0 Å². The van der Waals surface area contributed by atoms with Crippen LogP contribution in [0.1, 0.15) is 18.4 Å². The van der Waals surface area contributed by atoms with Crippen molar-refractivity contribution in [3.63, 3.8) is 0 Å². The smallest absolute Gasteiger partial charge is 0.385 e. The van der Waals surface area contributed by atoms with Crippen LogP contribution in [0.3, 0.4) is 0 Å². The number of benzene rings is 1. The molecule has 0 bridgehead atoms. The summed E-state index contributed by atoms with van der Waals surface area (Å²) in [4.78, 5) is 0. The van der Waals surface area contributed by atoms with Gasteiger partial charge in [0.2, 0.25) is 0 Å². The Morgan fingerprint density at radius 3 is 2.56 bits per heavy atom. The first-order valence-electron chi connectivity index (χ1n) is 4.95. The van der Waals surface area contributed by atoms with Gasteiger partial charge < -0.3 is 5.32 Å². The molecule has 0 amide bonds. The lowest BCUT2D eigenvalue weighted by Gasteiger charge is -2.10. The molecule has 90 valence electrons. The molecule has 0 fully saturated rings.